The second-order valence-electron chi connectivity index (χ2n) is 8.13. The Morgan fingerprint density at radius 1 is 1.06 bits per heavy atom. The van der Waals surface area contributed by atoms with Crippen molar-refractivity contribution in [3.8, 4) is 11.3 Å². The zero-order chi connectivity index (χ0) is 23.5. The second-order valence-corrected chi connectivity index (χ2v) is 9.46. The number of nitrogens with zero attached hydrogens (tertiary/aromatic N) is 3. The molecule has 2 N–H and O–H groups in total. The molecular formula is C24H25N5O3S. The highest BCUT2D eigenvalue weighted by Gasteiger charge is 2.29. The third-order valence-corrected chi connectivity index (χ3v) is 6.39. The number of anilines is 2. The van der Waals surface area contributed by atoms with Gasteiger partial charge in [0.2, 0.25) is 11.8 Å². The van der Waals surface area contributed by atoms with Gasteiger partial charge in [0.15, 0.2) is 10.9 Å². The molecule has 1 atom stereocenters. The number of amides is 2. The Labute approximate surface area is 195 Å². The van der Waals surface area contributed by atoms with Crippen LogP contribution in [0.25, 0.3) is 11.3 Å². The number of hydrogen-bond acceptors (Lipinski definition) is 6. The number of fused-ring (bicyclic) bond motifs is 1. The van der Waals surface area contributed by atoms with E-state index in [0.717, 1.165) is 29.4 Å². The van der Waals surface area contributed by atoms with E-state index in [2.05, 4.69) is 20.5 Å². The molecule has 0 saturated heterocycles. The fourth-order valence-corrected chi connectivity index (χ4v) is 4.43. The minimum absolute atomic E-state index is 0.0431. The number of thioether (sulfide) groups is 1. The Balaban J connectivity index is 1.52. The van der Waals surface area contributed by atoms with Gasteiger partial charge in [-0.1, -0.05) is 62.0 Å². The molecule has 3 aromatic rings. The molecule has 2 aromatic carbocycles. The number of rotatable bonds is 6. The van der Waals surface area contributed by atoms with Gasteiger partial charge >= 0.3 is 0 Å². The van der Waals surface area contributed by atoms with Crippen molar-refractivity contribution in [2.75, 3.05) is 16.8 Å². The summed E-state index contributed by atoms with van der Waals surface area (Å²) in [5.74, 6) is -0.406. The standard InChI is InChI=1S/C24H25N5O3S/c1-14(2)21(30)25-18-10-6-5-9-17(18)20-22(31)26-24(28-27-20)33-15(3)23(32)29-13-12-16-8-4-7-11-19(16)29/h4-11,14-15H,12-13H2,1-3H3,(H,25,30)(H,26,28,31)/t15-/m0/s1. The molecule has 8 nitrogen and oxygen atoms in total. The number of benzene rings is 2. The number of hydrogen-bond donors (Lipinski definition) is 2. The first-order chi connectivity index (χ1) is 15.8. The molecular weight excluding hydrogens is 438 g/mol. The lowest BCUT2D eigenvalue weighted by atomic mass is 10.1. The molecule has 0 saturated carbocycles. The Bertz CT molecular complexity index is 1260. The normalized spacial score (nSPS) is 13.6. The minimum Gasteiger partial charge on any atom is -0.325 e. The number of aromatic nitrogens is 3. The van der Waals surface area contributed by atoms with Crippen LogP contribution in [0.4, 0.5) is 11.4 Å². The van der Waals surface area contributed by atoms with Crippen LogP contribution in [0.2, 0.25) is 0 Å². The highest BCUT2D eigenvalue weighted by atomic mass is 32.2. The van der Waals surface area contributed by atoms with E-state index in [1.807, 2.05) is 24.3 Å². The second kappa shape index (κ2) is 9.58. The zero-order valence-corrected chi connectivity index (χ0v) is 19.5. The zero-order valence-electron chi connectivity index (χ0n) is 18.7. The monoisotopic (exact) mass is 463 g/mol. The quantitative estimate of drug-likeness (QED) is 0.542. The predicted octanol–water partition coefficient (Wildman–Crippen LogP) is 3.50. The van der Waals surface area contributed by atoms with Crippen molar-refractivity contribution in [3.05, 3.63) is 64.4 Å². The first-order valence-corrected chi connectivity index (χ1v) is 11.7. The van der Waals surface area contributed by atoms with E-state index in [0.29, 0.717) is 17.8 Å². The number of H-pyrrole nitrogens is 1. The largest absolute Gasteiger partial charge is 0.325 e. The summed E-state index contributed by atoms with van der Waals surface area (Å²) in [7, 11) is 0. The molecule has 1 aliphatic rings. The number of para-hydroxylation sites is 2. The van der Waals surface area contributed by atoms with Gasteiger partial charge < -0.3 is 10.2 Å². The SMILES string of the molecule is CC(C)C(=O)Nc1ccccc1-c1nnc(S[C@@H](C)C(=O)N2CCc3ccccc32)[nH]c1=O. The van der Waals surface area contributed by atoms with Gasteiger partial charge in [-0.05, 0) is 31.0 Å². The van der Waals surface area contributed by atoms with Crippen molar-refractivity contribution in [3.63, 3.8) is 0 Å². The Morgan fingerprint density at radius 2 is 1.79 bits per heavy atom. The van der Waals surface area contributed by atoms with Crippen LogP contribution < -0.4 is 15.8 Å². The topological polar surface area (TPSA) is 108 Å². The molecule has 170 valence electrons. The van der Waals surface area contributed by atoms with Crippen molar-refractivity contribution in [1.82, 2.24) is 15.2 Å². The number of carbonyl (C=O) groups is 2. The maximum absolute atomic E-state index is 13.0. The predicted molar refractivity (Wildman–Crippen MR) is 129 cm³/mol. The molecule has 2 amide bonds. The summed E-state index contributed by atoms with van der Waals surface area (Å²) in [5.41, 5.74) is 2.73. The average molecular weight is 464 g/mol. The van der Waals surface area contributed by atoms with Gasteiger partial charge in [0.1, 0.15) is 0 Å². The summed E-state index contributed by atoms with van der Waals surface area (Å²) < 4.78 is 0. The van der Waals surface area contributed by atoms with Gasteiger partial charge in [-0.3, -0.25) is 19.4 Å². The van der Waals surface area contributed by atoms with Crippen LogP contribution in [0, 0.1) is 5.92 Å². The summed E-state index contributed by atoms with van der Waals surface area (Å²) in [5, 5.41) is 10.9. The summed E-state index contributed by atoms with van der Waals surface area (Å²) in [4.78, 5) is 42.5. The lowest BCUT2D eigenvalue weighted by molar-refractivity contribution is -0.119. The first kappa shape index (κ1) is 22.7. The van der Waals surface area contributed by atoms with Gasteiger partial charge in [-0.25, -0.2) is 0 Å². The van der Waals surface area contributed by atoms with Crippen LogP contribution in [0.15, 0.2) is 58.5 Å². The van der Waals surface area contributed by atoms with E-state index in [-0.39, 0.29) is 28.6 Å². The van der Waals surface area contributed by atoms with Gasteiger partial charge in [-0.2, -0.15) is 0 Å². The molecule has 9 heteroatoms. The molecule has 33 heavy (non-hydrogen) atoms. The summed E-state index contributed by atoms with van der Waals surface area (Å²) in [6.45, 7) is 6.02. The van der Waals surface area contributed by atoms with Gasteiger partial charge in [0.25, 0.3) is 5.56 Å². The molecule has 2 heterocycles. The molecule has 0 bridgehead atoms. The van der Waals surface area contributed by atoms with E-state index in [9.17, 15) is 14.4 Å². The van der Waals surface area contributed by atoms with Crippen LogP contribution in [-0.2, 0) is 16.0 Å². The lowest BCUT2D eigenvalue weighted by Gasteiger charge is -2.21. The van der Waals surface area contributed by atoms with E-state index >= 15 is 0 Å². The Kier molecular flexibility index (Phi) is 6.60. The Morgan fingerprint density at radius 3 is 2.55 bits per heavy atom. The fourth-order valence-electron chi connectivity index (χ4n) is 3.63. The average Bonchev–Trinajstić information content (AvgIpc) is 3.23. The van der Waals surface area contributed by atoms with Crippen LogP contribution in [0.1, 0.15) is 26.3 Å². The van der Waals surface area contributed by atoms with Crippen LogP contribution >= 0.6 is 11.8 Å². The van der Waals surface area contributed by atoms with Crippen molar-refractivity contribution < 1.29 is 9.59 Å². The molecule has 4 rings (SSSR count). The van der Waals surface area contributed by atoms with Gasteiger partial charge in [0.05, 0.1) is 10.9 Å². The highest BCUT2D eigenvalue weighted by Crippen LogP contribution is 2.31. The third kappa shape index (κ3) is 4.83. The van der Waals surface area contributed by atoms with Crippen LogP contribution in [0.3, 0.4) is 0 Å². The third-order valence-electron chi connectivity index (χ3n) is 5.43. The maximum atomic E-state index is 13.0. The smallest absolute Gasteiger partial charge is 0.278 e. The van der Waals surface area contributed by atoms with Crippen molar-refractivity contribution in [2.45, 2.75) is 37.6 Å². The van der Waals surface area contributed by atoms with E-state index in [1.54, 1.807) is 49.9 Å². The first-order valence-electron chi connectivity index (χ1n) is 10.8. The molecule has 1 aromatic heterocycles. The number of carbonyl (C=O) groups excluding carboxylic acids is 2. The summed E-state index contributed by atoms with van der Waals surface area (Å²) in [6.07, 6.45) is 0.831. The van der Waals surface area contributed by atoms with Crippen molar-refractivity contribution in [2.24, 2.45) is 5.92 Å². The van der Waals surface area contributed by atoms with Crippen molar-refractivity contribution >= 4 is 35.0 Å². The molecule has 0 aliphatic carbocycles. The van der Waals surface area contributed by atoms with E-state index in [1.165, 1.54) is 0 Å². The molecule has 0 unspecified atom stereocenters. The number of aromatic amines is 1. The van der Waals surface area contributed by atoms with Gasteiger partial charge in [0, 0.05) is 23.7 Å². The summed E-state index contributed by atoms with van der Waals surface area (Å²) in [6, 6.07) is 14.8. The Hall–Kier alpha value is -3.46. The molecule has 1 aliphatic heterocycles. The maximum Gasteiger partial charge on any atom is 0.278 e. The fraction of sp³-hybridized carbons (Fsp3) is 0.292. The minimum atomic E-state index is -0.454. The molecule has 0 spiro atoms. The van der Waals surface area contributed by atoms with Crippen molar-refractivity contribution in [1.29, 1.82) is 0 Å². The highest BCUT2D eigenvalue weighted by molar-refractivity contribution is 8.00. The summed E-state index contributed by atoms with van der Waals surface area (Å²) >= 11 is 1.16. The van der Waals surface area contributed by atoms with E-state index in [4.69, 9.17) is 0 Å². The van der Waals surface area contributed by atoms with E-state index < -0.39 is 10.8 Å². The van der Waals surface area contributed by atoms with Gasteiger partial charge in [-0.15, -0.1) is 10.2 Å². The van der Waals surface area contributed by atoms with Crippen LogP contribution in [-0.4, -0.2) is 38.8 Å². The number of nitrogens with one attached hydrogen (secondary N) is 2. The molecule has 0 radical (unpaired) electrons. The van der Waals surface area contributed by atoms with Crippen LogP contribution in [0.5, 0.6) is 0 Å². The lowest BCUT2D eigenvalue weighted by Crippen LogP contribution is -2.35. The molecule has 0 fully saturated rings.